The van der Waals surface area contributed by atoms with Crippen LogP contribution >= 0.6 is 23.2 Å². The maximum Gasteiger partial charge on any atom is 0.236 e. The normalized spacial score (nSPS) is 9.67. The van der Waals surface area contributed by atoms with Gasteiger partial charge in [-0.1, -0.05) is 27.9 Å². The highest BCUT2D eigenvalue weighted by Crippen LogP contribution is 2.09. The van der Waals surface area contributed by atoms with Gasteiger partial charge in [-0.15, -0.1) is 0 Å². The third kappa shape index (κ3) is 4.05. The van der Waals surface area contributed by atoms with Crippen LogP contribution in [-0.2, 0) is 6.54 Å². The van der Waals surface area contributed by atoms with Crippen molar-refractivity contribution in [2.45, 2.75) is 6.54 Å². The number of benzene rings is 1. The number of hydrogen-bond acceptors (Lipinski definition) is 2. The second-order valence-electron chi connectivity index (χ2n) is 3.46. The fraction of sp³-hybridized carbons (Fsp3) is 0.0833. The van der Waals surface area contributed by atoms with E-state index in [4.69, 9.17) is 23.2 Å². The van der Waals surface area contributed by atoms with E-state index in [0.29, 0.717) is 15.7 Å². The number of rotatable bonds is 3. The van der Waals surface area contributed by atoms with E-state index in [1.807, 2.05) is 0 Å². The Morgan fingerprint density at radius 2 is 1.83 bits per heavy atom. The van der Waals surface area contributed by atoms with Gasteiger partial charge in [0.05, 0.1) is 0 Å². The molecule has 0 atom stereocenters. The van der Waals surface area contributed by atoms with Gasteiger partial charge in [0.1, 0.15) is 0 Å². The molecule has 18 heavy (non-hydrogen) atoms. The molecule has 0 N–H and O–H groups in total. The molecule has 0 saturated carbocycles. The molecule has 0 unspecified atom stereocenters. The summed E-state index contributed by atoms with van der Waals surface area (Å²) in [5, 5.41) is 4.96. The molecule has 1 heterocycles. The van der Waals surface area contributed by atoms with Crippen molar-refractivity contribution in [1.82, 2.24) is 5.10 Å². The molecule has 0 amide bonds. The zero-order chi connectivity index (χ0) is 12.3. The molecule has 1 aromatic carbocycles. The minimum atomic E-state index is -0.0403. The van der Waals surface area contributed by atoms with E-state index in [2.05, 4.69) is 5.10 Å². The number of hydrogen-bond donors (Lipinski definition) is 0. The third-order valence-corrected chi connectivity index (χ3v) is 2.64. The smallest absolute Gasteiger partial charge is 0.236 e. The lowest BCUT2D eigenvalue weighted by molar-refractivity contribution is -0.741. The summed E-state index contributed by atoms with van der Waals surface area (Å²) in [6, 6.07) is 10.1. The van der Waals surface area contributed by atoms with Gasteiger partial charge in [-0.2, -0.15) is 0 Å². The van der Waals surface area contributed by atoms with Crippen LogP contribution in [0.2, 0.25) is 10.2 Å². The van der Waals surface area contributed by atoms with E-state index >= 15 is 0 Å². The maximum atomic E-state index is 11.9. The Labute approximate surface area is 125 Å². The molecule has 0 radical (unpaired) electrons. The van der Waals surface area contributed by atoms with E-state index in [1.165, 1.54) is 4.68 Å². The van der Waals surface area contributed by atoms with Gasteiger partial charge in [-0.05, 0) is 30.3 Å². The third-order valence-electron chi connectivity index (χ3n) is 2.19. The van der Waals surface area contributed by atoms with Crippen LogP contribution in [0.5, 0.6) is 0 Å². The van der Waals surface area contributed by atoms with Crippen LogP contribution < -0.4 is 21.7 Å². The number of carbonyl (C=O) groups excluding carboxylic acids is 1. The maximum absolute atomic E-state index is 11.9. The van der Waals surface area contributed by atoms with Crippen molar-refractivity contribution in [3.05, 3.63) is 58.3 Å². The standard InChI is InChI=1S/C12H9Cl2N2O.BrH/c13-10-5-3-9(4-6-10)11(17)8-16-7-1-2-12(14)15-16;/h1-7H,8H2;1H/q+1;/p-1. The van der Waals surface area contributed by atoms with E-state index < -0.39 is 0 Å². The summed E-state index contributed by atoms with van der Waals surface area (Å²) < 4.78 is 1.50. The molecule has 1 aromatic heterocycles. The van der Waals surface area contributed by atoms with Crippen molar-refractivity contribution in [3.63, 3.8) is 0 Å². The molecule has 0 fully saturated rings. The predicted octanol–water partition coefficient (Wildman–Crippen LogP) is -0.437. The lowest BCUT2D eigenvalue weighted by atomic mass is 10.1. The van der Waals surface area contributed by atoms with E-state index in [1.54, 1.807) is 42.6 Å². The van der Waals surface area contributed by atoms with E-state index in [0.717, 1.165) is 0 Å². The number of nitrogens with zero attached hydrogens (tertiary/aromatic N) is 2. The summed E-state index contributed by atoms with van der Waals surface area (Å²) in [7, 11) is 0. The molecule has 0 bridgehead atoms. The molecule has 0 saturated heterocycles. The number of ketones is 1. The Kier molecular flexibility index (Phi) is 5.72. The van der Waals surface area contributed by atoms with Crippen LogP contribution in [0.1, 0.15) is 10.4 Å². The number of Topliss-reactive ketones (excluding diaryl/α,β-unsaturated/α-hetero) is 1. The van der Waals surface area contributed by atoms with Crippen molar-refractivity contribution in [2.24, 2.45) is 0 Å². The Bertz CT molecular complexity index is 546. The first-order chi connectivity index (χ1) is 8.15. The summed E-state index contributed by atoms with van der Waals surface area (Å²) in [5.74, 6) is -0.0403. The molecule has 0 aliphatic rings. The fourth-order valence-electron chi connectivity index (χ4n) is 1.37. The van der Waals surface area contributed by atoms with Crippen molar-refractivity contribution in [1.29, 1.82) is 0 Å². The van der Waals surface area contributed by atoms with Crippen LogP contribution in [0.4, 0.5) is 0 Å². The number of halogens is 3. The molecule has 6 heteroatoms. The lowest BCUT2D eigenvalue weighted by Gasteiger charge is -1.97. The lowest BCUT2D eigenvalue weighted by Crippen LogP contribution is -3.00. The Balaban J connectivity index is 0.00000162. The summed E-state index contributed by atoms with van der Waals surface area (Å²) in [5.41, 5.74) is 0.601. The van der Waals surface area contributed by atoms with Crippen LogP contribution in [0.3, 0.4) is 0 Å². The molecule has 3 nitrogen and oxygen atoms in total. The highest BCUT2D eigenvalue weighted by molar-refractivity contribution is 6.30. The van der Waals surface area contributed by atoms with Crippen LogP contribution in [0, 0.1) is 0 Å². The first-order valence-corrected chi connectivity index (χ1v) is 5.72. The molecule has 94 valence electrons. The summed E-state index contributed by atoms with van der Waals surface area (Å²) in [6.07, 6.45) is 1.69. The van der Waals surface area contributed by atoms with Gasteiger partial charge in [-0.25, -0.2) is 0 Å². The van der Waals surface area contributed by atoms with Gasteiger partial charge < -0.3 is 17.0 Å². The average molecular weight is 348 g/mol. The topological polar surface area (TPSA) is 33.8 Å². The zero-order valence-electron chi connectivity index (χ0n) is 9.19. The van der Waals surface area contributed by atoms with Gasteiger partial charge in [0.15, 0.2) is 11.3 Å². The fourth-order valence-corrected chi connectivity index (χ4v) is 1.67. The highest BCUT2D eigenvalue weighted by Gasteiger charge is 2.13. The largest absolute Gasteiger partial charge is 1.00 e. The average Bonchev–Trinajstić information content (AvgIpc) is 2.29. The molecule has 0 aliphatic heterocycles. The first kappa shape index (κ1) is 15.1. The molecule has 2 rings (SSSR count). The van der Waals surface area contributed by atoms with Gasteiger partial charge in [0.2, 0.25) is 12.3 Å². The minimum Gasteiger partial charge on any atom is -1.00 e. The minimum absolute atomic E-state index is 0. The first-order valence-electron chi connectivity index (χ1n) is 4.96. The van der Waals surface area contributed by atoms with Gasteiger partial charge in [0.25, 0.3) is 0 Å². The van der Waals surface area contributed by atoms with Crippen molar-refractivity contribution in [3.8, 4) is 0 Å². The van der Waals surface area contributed by atoms with Gasteiger partial charge in [-0.3, -0.25) is 4.79 Å². The zero-order valence-corrected chi connectivity index (χ0v) is 12.3. The SMILES string of the molecule is O=C(C[n+]1cccc(Cl)n1)c1ccc(Cl)cc1.[Br-]. The Morgan fingerprint density at radius 1 is 1.17 bits per heavy atom. The molecular weight excluding hydrogens is 339 g/mol. The van der Waals surface area contributed by atoms with Crippen LogP contribution in [-0.4, -0.2) is 10.9 Å². The summed E-state index contributed by atoms with van der Waals surface area (Å²) >= 11 is 11.5. The van der Waals surface area contributed by atoms with Crippen molar-refractivity contribution < 1.29 is 26.5 Å². The second kappa shape index (κ2) is 6.83. The highest BCUT2D eigenvalue weighted by atomic mass is 79.9. The van der Waals surface area contributed by atoms with Gasteiger partial charge >= 0.3 is 0 Å². The predicted molar refractivity (Wildman–Crippen MR) is 65.2 cm³/mol. The Hall–Kier alpha value is -0.970. The quantitative estimate of drug-likeness (QED) is 0.557. The summed E-state index contributed by atoms with van der Waals surface area (Å²) in [6.45, 7) is 0.155. The summed E-state index contributed by atoms with van der Waals surface area (Å²) in [4.78, 5) is 11.9. The van der Waals surface area contributed by atoms with Crippen LogP contribution in [0.25, 0.3) is 0 Å². The monoisotopic (exact) mass is 346 g/mol. The molecular formula is C12H9BrCl2N2O. The van der Waals surface area contributed by atoms with Gasteiger partial charge in [0, 0.05) is 21.8 Å². The van der Waals surface area contributed by atoms with Crippen LogP contribution in [0.15, 0.2) is 42.6 Å². The Morgan fingerprint density at radius 3 is 2.44 bits per heavy atom. The second-order valence-corrected chi connectivity index (χ2v) is 4.28. The molecule has 0 aliphatic carbocycles. The van der Waals surface area contributed by atoms with E-state index in [-0.39, 0.29) is 29.3 Å². The van der Waals surface area contributed by atoms with E-state index in [9.17, 15) is 4.79 Å². The van der Waals surface area contributed by atoms with Crippen molar-refractivity contribution in [2.75, 3.05) is 0 Å². The number of carbonyl (C=O) groups is 1. The number of aromatic nitrogens is 2. The molecule has 0 spiro atoms. The van der Waals surface area contributed by atoms with Crippen molar-refractivity contribution >= 4 is 29.0 Å². The molecule has 2 aromatic rings.